The molecule has 0 bridgehead atoms. The topological polar surface area (TPSA) is 54.9 Å². The number of nitrogens with zero attached hydrogens (tertiary/aromatic N) is 2. The van der Waals surface area contributed by atoms with Gasteiger partial charge < -0.3 is 5.32 Å². The Morgan fingerprint density at radius 1 is 1.39 bits per heavy atom. The van der Waals surface area contributed by atoms with Gasteiger partial charge in [-0.25, -0.2) is 0 Å². The maximum Gasteiger partial charge on any atom is 0.252 e. The molecule has 0 atom stereocenters. The zero-order valence-electron chi connectivity index (χ0n) is 9.85. The zero-order valence-corrected chi connectivity index (χ0v) is 11.4. The Morgan fingerprint density at radius 2 is 2.22 bits per heavy atom. The number of aryl methyl sites for hydroxylation is 1. The Morgan fingerprint density at radius 3 is 2.89 bits per heavy atom. The molecule has 0 fully saturated rings. The molecule has 0 aliphatic rings. The van der Waals surface area contributed by atoms with Gasteiger partial charge >= 0.3 is 0 Å². The molecule has 2 rings (SSSR count). The summed E-state index contributed by atoms with van der Waals surface area (Å²) in [6.45, 7) is 2.35. The number of aromatic nitrogens is 2. The van der Waals surface area contributed by atoms with Crippen LogP contribution in [0.15, 0.2) is 41.0 Å². The van der Waals surface area contributed by atoms with Gasteiger partial charge in [0.15, 0.2) is 0 Å². The van der Waals surface area contributed by atoms with E-state index >= 15 is 0 Å². The molecule has 4 nitrogen and oxygen atoms in total. The highest BCUT2D eigenvalue weighted by Crippen LogP contribution is 2.18. The molecule has 0 aliphatic heterocycles. The van der Waals surface area contributed by atoms with E-state index in [-0.39, 0.29) is 5.91 Å². The molecule has 18 heavy (non-hydrogen) atoms. The lowest BCUT2D eigenvalue weighted by Gasteiger charge is -2.06. The van der Waals surface area contributed by atoms with E-state index in [4.69, 9.17) is 0 Å². The van der Waals surface area contributed by atoms with Crippen molar-refractivity contribution in [1.29, 1.82) is 0 Å². The quantitative estimate of drug-likeness (QED) is 0.948. The predicted octanol–water partition coefficient (Wildman–Crippen LogP) is 2.48. The largest absolute Gasteiger partial charge is 0.346 e. The van der Waals surface area contributed by atoms with Crippen LogP contribution in [-0.4, -0.2) is 16.1 Å². The normalized spacial score (nSPS) is 10.1. The van der Waals surface area contributed by atoms with Crippen LogP contribution in [0.5, 0.6) is 0 Å². The molecule has 0 spiro atoms. The summed E-state index contributed by atoms with van der Waals surface area (Å²) in [6, 6.07) is 9.22. The maximum atomic E-state index is 12.0. The van der Waals surface area contributed by atoms with Crippen molar-refractivity contribution in [3.63, 3.8) is 0 Å². The monoisotopic (exact) mass is 305 g/mol. The number of amides is 1. The van der Waals surface area contributed by atoms with Crippen molar-refractivity contribution in [3.05, 3.63) is 57.8 Å². The van der Waals surface area contributed by atoms with E-state index in [1.807, 2.05) is 25.1 Å². The summed E-state index contributed by atoms with van der Waals surface area (Å²) in [5.74, 6) is -0.132. The van der Waals surface area contributed by atoms with Gasteiger partial charge in [0, 0.05) is 10.7 Å². The van der Waals surface area contributed by atoms with Crippen molar-refractivity contribution < 1.29 is 4.79 Å². The molecule has 1 amide bonds. The molecular weight excluding hydrogens is 294 g/mol. The second kappa shape index (κ2) is 5.73. The molecule has 0 radical (unpaired) electrons. The van der Waals surface area contributed by atoms with Gasteiger partial charge in [-0.2, -0.15) is 10.2 Å². The minimum absolute atomic E-state index is 0.132. The van der Waals surface area contributed by atoms with E-state index in [0.29, 0.717) is 12.1 Å². The number of carbonyl (C=O) groups is 1. The first-order valence-electron chi connectivity index (χ1n) is 5.48. The van der Waals surface area contributed by atoms with Crippen LogP contribution in [0, 0.1) is 6.92 Å². The number of benzene rings is 1. The predicted molar refractivity (Wildman–Crippen MR) is 72.1 cm³/mol. The highest BCUT2D eigenvalue weighted by atomic mass is 79.9. The fraction of sp³-hybridized carbons (Fsp3) is 0.154. The fourth-order valence-electron chi connectivity index (χ4n) is 1.50. The summed E-state index contributed by atoms with van der Waals surface area (Å²) >= 11 is 3.39. The number of hydrogen-bond acceptors (Lipinski definition) is 3. The standard InChI is InChI=1S/C13H12BrN3O/c1-9-4-5-11(12(14)7-9)13(18)15-8-10-3-2-6-16-17-10/h2-7H,8H2,1H3,(H,15,18). The summed E-state index contributed by atoms with van der Waals surface area (Å²) in [4.78, 5) is 12.0. The summed E-state index contributed by atoms with van der Waals surface area (Å²) in [6.07, 6.45) is 1.60. The number of halogens is 1. The third-order valence-corrected chi connectivity index (χ3v) is 3.08. The average molecular weight is 306 g/mol. The van der Waals surface area contributed by atoms with Crippen LogP contribution in [0.1, 0.15) is 21.6 Å². The lowest BCUT2D eigenvalue weighted by molar-refractivity contribution is 0.0949. The lowest BCUT2D eigenvalue weighted by Crippen LogP contribution is -2.23. The van der Waals surface area contributed by atoms with Crippen LogP contribution in [-0.2, 0) is 6.54 Å². The van der Waals surface area contributed by atoms with Crippen molar-refractivity contribution in [2.24, 2.45) is 0 Å². The van der Waals surface area contributed by atoms with Gasteiger partial charge in [0.05, 0.1) is 17.8 Å². The third kappa shape index (κ3) is 3.13. The van der Waals surface area contributed by atoms with E-state index in [9.17, 15) is 4.79 Å². The highest BCUT2D eigenvalue weighted by molar-refractivity contribution is 9.10. The minimum atomic E-state index is -0.132. The second-order valence-corrected chi connectivity index (χ2v) is 4.74. The van der Waals surface area contributed by atoms with E-state index < -0.39 is 0 Å². The Balaban J connectivity index is 2.04. The minimum Gasteiger partial charge on any atom is -0.346 e. The summed E-state index contributed by atoms with van der Waals surface area (Å²) < 4.78 is 0.791. The van der Waals surface area contributed by atoms with Gasteiger partial charge in [0.1, 0.15) is 0 Å². The maximum absolute atomic E-state index is 12.0. The van der Waals surface area contributed by atoms with E-state index in [2.05, 4.69) is 31.4 Å². The van der Waals surface area contributed by atoms with Crippen molar-refractivity contribution in [2.45, 2.75) is 13.5 Å². The van der Waals surface area contributed by atoms with E-state index in [1.54, 1.807) is 18.3 Å². The zero-order chi connectivity index (χ0) is 13.0. The van der Waals surface area contributed by atoms with Gasteiger partial charge in [0.2, 0.25) is 0 Å². The van der Waals surface area contributed by atoms with Crippen LogP contribution in [0.4, 0.5) is 0 Å². The van der Waals surface area contributed by atoms with E-state index in [0.717, 1.165) is 15.7 Å². The SMILES string of the molecule is Cc1ccc(C(=O)NCc2cccnn2)c(Br)c1. The molecule has 0 saturated heterocycles. The Bertz CT molecular complexity index is 557. The molecular formula is C13H12BrN3O. The lowest BCUT2D eigenvalue weighted by atomic mass is 10.1. The van der Waals surface area contributed by atoms with Crippen LogP contribution in [0.3, 0.4) is 0 Å². The fourth-order valence-corrected chi connectivity index (χ4v) is 2.17. The number of hydrogen-bond donors (Lipinski definition) is 1. The molecule has 0 aliphatic carbocycles. The van der Waals surface area contributed by atoms with Crippen molar-refractivity contribution in [3.8, 4) is 0 Å². The molecule has 92 valence electrons. The molecule has 2 aromatic rings. The molecule has 0 unspecified atom stereocenters. The summed E-state index contributed by atoms with van der Waals surface area (Å²) in [5, 5.41) is 10.5. The molecule has 5 heteroatoms. The number of nitrogens with one attached hydrogen (secondary N) is 1. The van der Waals surface area contributed by atoms with Crippen molar-refractivity contribution in [2.75, 3.05) is 0 Å². The smallest absolute Gasteiger partial charge is 0.252 e. The third-order valence-electron chi connectivity index (χ3n) is 2.43. The van der Waals surface area contributed by atoms with Crippen LogP contribution >= 0.6 is 15.9 Å². The van der Waals surface area contributed by atoms with Gasteiger partial charge in [-0.1, -0.05) is 6.07 Å². The molecule has 1 aromatic carbocycles. The number of carbonyl (C=O) groups excluding carboxylic acids is 1. The van der Waals surface area contributed by atoms with Crippen molar-refractivity contribution >= 4 is 21.8 Å². The summed E-state index contributed by atoms with van der Waals surface area (Å²) in [5.41, 5.74) is 2.45. The first-order valence-corrected chi connectivity index (χ1v) is 6.27. The van der Waals surface area contributed by atoms with Gasteiger partial charge in [-0.3, -0.25) is 4.79 Å². The number of rotatable bonds is 3. The Hall–Kier alpha value is -1.75. The van der Waals surface area contributed by atoms with Crippen molar-refractivity contribution in [1.82, 2.24) is 15.5 Å². The Kier molecular flexibility index (Phi) is 4.04. The molecule has 1 aromatic heterocycles. The second-order valence-electron chi connectivity index (χ2n) is 3.88. The summed E-state index contributed by atoms with van der Waals surface area (Å²) in [7, 11) is 0. The van der Waals surface area contributed by atoms with Gasteiger partial charge in [-0.05, 0) is 52.7 Å². The van der Waals surface area contributed by atoms with Crippen LogP contribution in [0.25, 0.3) is 0 Å². The molecule has 1 N–H and O–H groups in total. The first-order chi connectivity index (χ1) is 8.66. The van der Waals surface area contributed by atoms with E-state index in [1.165, 1.54) is 0 Å². The Labute approximate surface area is 114 Å². The molecule has 1 heterocycles. The van der Waals surface area contributed by atoms with Crippen LogP contribution < -0.4 is 5.32 Å². The van der Waals surface area contributed by atoms with Gasteiger partial charge in [-0.15, -0.1) is 0 Å². The first kappa shape index (κ1) is 12.7. The average Bonchev–Trinajstić information content (AvgIpc) is 2.37. The van der Waals surface area contributed by atoms with Crippen LogP contribution in [0.2, 0.25) is 0 Å². The molecule has 0 saturated carbocycles. The van der Waals surface area contributed by atoms with Gasteiger partial charge in [0.25, 0.3) is 5.91 Å². The highest BCUT2D eigenvalue weighted by Gasteiger charge is 2.09.